The van der Waals surface area contributed by atoms with E-state index in [-0.39, 0.29) is 17.9 Å². The molecule has 0 heterocycles. The van der Waals surface area contributed by atoms with Crippen LogP contribution in [-0.2, 0) is 4.79 Å². The number of rotatable bonds is 7. The molecule has 0 bridgehead atoms. The minimum atomic E-state index is -0.590. The van der Waals surface area contributed by atoms with Crippen LogP contribution >= 0.6 is 27.5 Å². The maximum absolute atomic E-state index is 12.1. The fourth-order valence-electron chi connectivity index (χ4n) is 2.16. The lowest BCUT2D eigenvalue weighted by atomic mass is 10.0. The average Bonchev–Trinajstić information content (AvgIpc) is 3.20. The second-order valence-electron chi connectivity index (χ2n) is 5.53. The largest absolute Gasteiger partial charge is 0.480 e. The molecule has 116 valence electrons. The van der Waals surface area contributed by atoms with Crippen LogP contribution in [0, 0.1) is 5.41 Å². The van der Waals surface area contributed by atoms with Crippen LogP contribution in [0.25, 0.3) is 0 Å². The molecule has 1 aromatic carbocycles. The van der Waals surface area contributed by atoms with Crippen LogP contribution in [0.1, 0.15) is 26.2 Å². The lowest BCUT2D eigenvalue weighted by Gasteiger charge is -2.19. The Morgan fingerprint density at radius 3 is 2.86 bits per heavy atom. The van der Waals surface area contributed by atoms with E-state index < -0.39 is 6.10 Å². The van der Waals surface area contributed by atoms with Gasteiger partial charge in [0.2, 0.25) is 0 Å². The fraction of sp³-hybridized carbons (Fsp3) is 0.533. The minimum absolute atomic E-state index is 0.102. The maximum atomic E-state index is 12.1. The van der Waals surface area contributed by atoms with E-state index in [9.17, 15) is 4.79 Å². The molecule has 2 rings (SSSR count). The van der Waals surface area contributed by atoms with Gasteiger partial charge in [-0.15, -0.1) is 0 Å². The van der Waals surface area contributed by atoms with Crippen molar-refractivity contribution in [3.05, 3.63) is 27.7 Å². The van der Waals surface area contributed by atoms with Crippen molar-refractivity contribution < 1.29 is 14.6 Å². The van der Waals surface area contributed by atoms with Gasteiger partial charge in [0.25, 0.3) is 5.91 Å². The zero-order valence-corrected chi connectivity index (χ0v) is 14.2. The molecule has 1 aliphatic rings. The molecule has 0 aliphatic heterocycles. The predicted octanol–water partition coefficient (Wildman–Crippen LogP) is 3.15. The summed E-state index contributed by atoms with van der Waals surface area (Å²) < 4.78 is 6.36. The summed E-state index contributed by atoms with van der Waals surface area (Å²) >= 11 is 9.22. The van der Waals surface area contributed by atoms with E-state index >= 15 is 0 Å². The van der Waals surface area contributed by atoms with Crippen molar-refractivity contribution in [1.82, 2.24) is 5.32 Å². The first-order chi connectivity index (χ1) is 9.96. The van der Waals surface area contributed by atoms with E-state index in [0.29, 0.717) is 21.8 Å². The number of benzene rings is 1. The Labute approximate surface area is 138 Å². The number of carbonyl (C=O) groups is 1. The molecule has 0 radical (unpaired) electrons. The van der Waals surface area contributed by atoms with E-state index in [1.807, 2.05) is 0 Å². The van der Waals surface area contributed by atoms with Crippen LogP contribution in [0.2, 0.25) is 5.02 Å². The monoisotopic (exact) mass is 375 g/mol. The summed E-state index contributed by atoms with van der Waals surface area (Å²) in [4.78, 5) is 12.1. The van der Waals surface area contributed by atoms with Crippen molar-refractivity contribution >= 4 is 33.4 Å². The minimum Gasteiger partial charge on any atom is -0.480 e. The number of ether oxygens (including phenoxy) is 1. The lowest BCUT2D eigenvalue weighted by molar-refractivity contribution is -0.127. The summed E-state index contributed by atoms with van der Waals surface area (Å²) in [7, 11) is 0. The van der Waals surface area contributed by atoms with E-state index in [2.05, 4.69) is 21.2 Å². The zero-order valence-electron chi connectivity index (χ0n) is 11.9. The molecule has 0 saturated heterocycles. The summed E-state index contributed by atoms with van der Waals surface area (Å²) in [6, 6.07) is 5.17. The molecule has 1 saturated carbocycles. The molecular weight excluding hydrogens is 358 g/mol. The molecule has 0 aromatic heterocycles. The van der Waals surface area contributed by atoms with Crippen LogP contribution in [0.4, 0.5) is 0 Å². The quantitative estimate of drug-likeness (QED) is 0.768. The zero-order chi connectivity index (χ0) is 15.5. The third kappa shape index (κ3) is 4.59. The highest BCUT2D eigenvalue weighted by Crippen LogP contribution is 2.47. The van der Waals surface area contributed by atoms with Crippen molar-refractivity contribution in [3.63, 3.8) is 0 Å². The van der Waals surface area contributed by atoms with Gasteiger partial charge in [-0.05, 0) is 65.7 Å². The van der Waals surface area contributed by atoms with Crippen LogP contribution in [0.5, 0.6) is 5.75 Å². The summed E-state index contributed by atoms with van der Waals surface area (Å²) in [5.74, 6) is 0.430. The maximum Gasteiger partial charge on any atom is 0.260 e. The highest BCUT2D eigenvalue weighted by molar-refractivity contribution is 9.10. The Kier molecular flexibility index (Phi) is 5.52. The third-order valence-corrected chi connectivity index (χ3v) is 4.66. The highest BCUT2D eigenvalue weighted by Gasteiger charge is 2.42. The SMILES string of the molecule is CC(Oc1ccc(Cl)cc1Br)C(=O)NCC1(CCO)CC1. The summed E-state index contributed by atoms with van der Waals surface area (Å²) in [5, 5.41) is 12.5. The van der Waals surface area contributed by atoms with E-state index in [4.69, 9.17) is 21.4 Å². The van der Waals surface area contributed by atoms with Crippen LogP contribution in [0.3, 0.4) is 0 Å². The lowest BCUT2D eigenvalue weighted by Crippen LogP contribution is -2.39. The van der Waals surface area contributed by atoms with Gasteiger partial charge in [0.05, 0.1) is 4.47 Å². The van der Waals surface area contributed by atoms with Gasteiger partial charge < -0.3 is 15.2 Å². The normalized spacial score (nSPS) is 17.1. The number of hydrogen-bond donors (Lipinski definition) is 2. The molecule has 1 unspecified atom stereocenters. The van der Waals surface area contributed by atoms with Gasteiger partial charge >= 0.3 is 0 Å². The number of aliphatic hydroxyl groups is 1. The second kappa shape index (κ2) is 6.99. The molecule has 0 spiro atoms. The Morgan fingerprint density at radius 2 is 2.29 bits per heavy atom. The molecule has 1 amide bonds. The molecule has 1 aromatic rings. The average molecular weight is 377 g/mol. The molecule has 6 heteroatoms. The number of amides is 1. The Morgan fingerprint density at radius 1 is 1.57 bits per heavy atom. The molecule has 4 nitrogen and oxygen atoms in total. The molecule has 1 fully saturated rings. The Balaban J connectivity index is 1.85. The van der Waals surface area contributed by atoms with Gasteiger partial charge in [-0.25, -0.2) is 0 Å². The second-order valence-corrected chi connectivity index (χ2v) is 6.82. The van der Waals surface area contributed by atoms with Gasteiger partial charge in [-0.1, -0.05) is 11.6 Å². The highest BCUT2D eigenvalue weighted by atomic mass is 79.9. The standard InChI is InChI=1S/C15H19BrClNO3/c1-10(21-13-3-2-11(17)8-12(13)16)14(20)18-9-15(4-5-15)6-7-19/h2-3,8,10,19H,4-7,9H2,1H3,(H,18,20). The van der Waals surface area contributed by atoms with E-state index in [1.54, 1.807) is 25.1 Å². The fourth-order valence-corrected chi connectivity index (χ4v) is 2.94. The van der Waals surface area contributed by atoms with Gasteiger partial charge in [0.15, 0.2) is 6.10 Å². The van der Waals surface area contributed by atoms with Crippen molar-refractivity contribution in [1.29, 1.82) is 0 Å². The summed E-state index contributed by atoms with van der Waals surface area (Å²) in [5.41, 5.74) is 0.102. The number of nitrogens with one attached hydrogen (secondary N) is 1. The third-order valence-electron chi connectivity index (χ3n) is 3.80. The molecule has 1 aliphatic carbocycles. The molecule has 2 N–H and O–H groups in total. The van der Waals surface area contributed by atoms with Crippen LogP contribution in [-0.4, -0.2) is 30.3 Å². The van der Waals surface area contributed by atoms with Gasteiger partial charge in [0, 0.05) is 18.2 Å². The van der Waals surface area contributed by atoms with Crippen molar-refractivity contribution in [3.8, 4) is 5.75 Å². The van der Waals surface area contributed by atoms with E-state index in [0.717, 1.165) is 19.3 Å². The van der Waals surface area contributed by atoms with Gasteiger partial charge in [-0.3, -0.25) is 4.79 Å². The molecule has 21 heavy (non-hydrogen) atoms. The van der Waals surface area contributed by atoms with Crippen molar-refractivity contribution in [2.24, 2.45) is 5.41 Å². The molecule has 1 atom stereocenters. The first kappa shape index (κ1) is 16.6. The molecular formula is C15H19BrClNO3. The van der Waals surface area contributed by atoms with Crippen LogP contribution < -0.4 is 10.1 Å². The van der Waals surface area contributed by atoms with Gasteiger partial charge in [-0.2, -0.15) is 0 Å². The van der Waals surface area contributed by atoms with Crippen molar-refractivity contribution in [2.75, 3.05) is 13.2 Å². The number of hydrogen-bond acceptors (Lipinski definition) is 3. The number of halogens is 2. The summed E-state index contributed by atoms with van der Waals surface area (Å²) in [6.45, 7) is 2.48. The number of aliphatic hydroxyl groups excluding tert-OH is 1. The topological polar surface area (TPSA) is 58.6 Å². The predicted molar refractivity (Wildman–Crippen MR) is 85.6 cm³/mol. The van der Waals surface area contributed by atoms with Crippen LogP contribution in [0.15, 0.2) is 22.7 Å². The smallest absolute Gasteiger partial charge is 0.260 e. The first-order valence-electron chi connectivity index (χ1n) is 6.96. The number of carbonyl (C=O) groups excluding carboxylic acids is 1. The van der Waals surface area contributed by atoms with E-state index in [1.165, 1.54) is 0 Å². The van der Waals surface area contributed by atoms with Gasteiger partial charge in [0.1, 0.15) is 5.75 Å². The van der Waals surface area contributed by atoms with Crippen molar-refractivity contribution in [2.45, 2.75) is 32.3 Å². The summed E-state index contributed by atoms with van der Waals surface area (Å²) in [6.07, 6.45) is 2.27. The Hall–Kier alpha value is -0.780. The first-order valence-corrected chi connectivity index (χ1v) is 8.13. The Bertz CT molecular complexity index is 520.